The predicted octanol–water partition coefficient (Wildman–Crippen LogP) is 11.4. The van der Waals surface area contributed by atoms with Crippen molar-refractivity contribution < 1.29 is 0 Å². The van der Waals surface area contributed by atoms with Crippen molar-refractivity contribution in [2.45, 2.75) is 367 Å². The molecular weight excluding hydrogens is 1560 g/mol. The summed E-state index contributed by atoms with van der Waals surface area (Å²) < 4.78 is 0. The standard InChI is InChI=1S/C16H24N2.3C15H23N3.C14H22N4.2C14H24N4/c1-12(2)18-9-7-16(8-10-18)14-6-4-3-5-13(14)11-15(16)17;1-11(2)18-7-4-15(5-8-18)13-10-17-6-3-12(13)9-14(15)16;1-11(2)18-8-5-15(6-9-18)12-4-3-7-17-13(12)10-14(15)16;1-11(2)18-8-5-15(6-9-18)13(16)10-12-4-3-7-17-14(12)15;1-10(2)18-7-3-14(4-8-18)12(15)9-11-13(14)17-6-5-16-11;2*1-13(2,3)18-6-4-14(5-7-18)10-9-16-17-11(10)8-12(14)15/h3-6,12,15H,7-11,17H2,1-2H3;3,6,10-11,14H,4-5,7-9,16H2,1-2H3;3-4,7,11,14H,5-6,8-10,16H2,1-2H3;3-4,7,11,13H,5-6,8-10,16H2,1-2H3;5-6,10,12H,3-4,7-9,15H2,1-2H3;2*9,12H,4-8,15H2,1-3H3,(H,16,17)/t15-;2*14-;13-;3*12-/m1111111/s1. The molecule has 23 nitrogen and oxygen atoms in total. The van der Waals surface area contributed by atoms with Gasteiger partial charge in [0.25, 0.3) is 0 Å². The number of fused-ring (bicyclic) bond motifs is 14. The Morgan fingerprint density at radius 1 is 0.294 bits per heavy atom. The van der Waals surface area contributed by atoms with Gasteiger partial charge in [-0.15, -0.1) is 0 Å². The van der Waals surface area contributed by atoms with E-state index in [1.54, 1.807) is 11.8 Å². The summed E-state index contributed by atoms with van der Waals surface area (Å²) in [5.41, 5.74) is 65.8. The maximum atomic E-state index is 6.50. The molecule has 23 heteroatoms. The number of pyridine rings is 3. The third-order valence-corrected chi connectivity index (χ3v) is 34.8. The summed E-state index contributed by atoms with van der Waals surface area (Å²) in [5.74, 6) is 0. The van der Waals surface area contributed by atoms with E-state index in [0.717, 1.165) is 154 Å². The lowest BCUT2D eigenvalue weighted by Crippen LogP contribution is -2.54. The molecule has 7 spiro atoms. The third kappa shape index (κ3) is 18.2. The van der Waals surface area contributed by atoms with Crippen molar-refractivity contribution in [1.82, 2.24) is 79.6 Å². The zero-order chi connectivity index (χ0) is 89.7. The normalized spacial score (nSPS) is 27.0. The first-order chi connectivity index (χ1) is 60.0. The highest BCUT2D eigenvalue weighted by Crippen LogP contribution is 2.53. The summed E-state index contributed by atoms with van der Waals surface area (Å²) in [6.07, 6.45) is 38.7. The first-order valence-corrected chi connectivity index (χ1v) is 49.3. The van der Waals surface area contributed by atoms with Crippen LogP contribution in [0.4, 0.5) is 0 Å². The van der Waals surface area contributed by atoms with Gasteiger partial charge in [0.2, 0.25) is 0 Å². The number of piperidine rings is 7. The van der Waals surface area contributed by atoms with E-state index in [2.05, 4.69) is 245 Å². The lowest BCUT2D eigenvalue weighted by molar-refractivity contribution is 0.0687. The summed E-state index contributed by atoms with van der Waals surface area (Å²) >= 11 is 0. The molecular formula is C103H163N23. The third-order valence-electron chi connectivity index (χ3n) is 34.8. The van der Waals surface area contributed by atoms with E-state index in [1.165, 1.54) is 145 Å². The van der Waals surface area contributed by atoms with Gasteiger partial charge >= 0.3 is 0 Å². The zero-order valence-corrected chi connectivity index (χ0v) is 80.3. The van der Waals surface area contributed by atoms with Crippen LogP contribution in [0, 0.1) is 0 Å². The van der Waals surface area contributed by atoms with E-state index in [4.69, 9.17) is 40.1 Å². The molecule has 690 valence electrons. The molecule has 0 radical (unpaired) electrons. The number of aromatic nitrogens is 9. The first kappa shape index (κ1) is 94.3. The fraction of sp³-hybridized carbons (Fsp3) is 0.699. The van der Waals surface area contributed by atoms with E-state index in [0.29, 0.717) is 36.3 Å². The number of likely N-dealkylation sites (tertiary alicyclic amines) is 7. The zero-order valence-electron chi connectivity index (χ0n) is 80.3. The summed E-state index contributed by atoms with van der Waals surface area (Å²) in [7, 11) is 0. The molecule has 7 fully saturated rings. The van der Waals surface area contributed by atoms with Crippen LogP contribution in [0.1, 0.15) is 279 Å². The van der Waals surface area contributed by atoms with Gasteiger partial charge in [-0.1, -0.05) is 36.4 Å². The van der Waals surface area contributed by atoms with E-state index < -0.39 is 0 Å². The topological polar surface area (TPSA) is 327 Å². The fourth-order valence-corrected chi connectivity index (χ4v) is 26.1. The molecule has 0 bridgehead atoms. The van der Waals surface area contributed by atoms with Crippen molar-refractivity contribution in [3.8, 4) is 0 Å². The number of rotatable bonds is 5. The molecule has 7 aliphatic heterocycles. The molecule has 7 aliphatic carbocycles. The number of benzene rings is 1. The van der Waals surface area contributed by atoms with Crippen LogP contribution in [-0.2, 0) is 82.9 Å². The maximum Gasteiger partial charge on any atom is 0.0697 e. The van der Waals surface area contributed by atoms with Crippen LogP contribution >= 0.6 is 0 Å². The molecule has 7 aromatic rings. The second kappa shape index (κ2) is 38.1. The quantitative estimate of drug-likeness (QED) is 0.0773. The van der Waals surface area contributed by atoms with Gasteiger partial charge in [-0.2, -0.15) is 10.2 Å². The fourth-order valence-electron chi connectivity index (χ4n) is 26.1. The minimum absolute atomic E-state index is 0.0922. The molecule has 14 aliphatic rings. The van der Waals surface area contributed by atoms with Crippen molar-refractivity contribution in [3.05, 3.63) is 183 Å². The molecule has 21 rings (SSSR count). The van der Waals surface area contributed by atoms with E-state index in [-0.39, 0.29) is 85.2 Å². The van der Waals surface area contributed by atoms with Crippen LogP contribution in [0.25, 0.3) is 0 Å². The second-order valence-electron chi connectivity index (χ2n) is 44.3. The Kier molecular flexibility index (Phi) is 28.5. The highest BCUT2D eigenvalue weighted by atomic mass is 15.2. The van der Waals surface area contributed by atoms with Gasteiger partial charge in [0.15, 0.2) is 0 Å². The molecule has 0 amide bonds. The predicted molar refractivity (Wildman–Crippen MR) is 513 cm³/mol. The molecule has 7 saturated heterocycles. The largest absolute Gasteiger partial charge is 0.327 e. The van der Waals surface area contributed by atoms with Crippen LogP contribution in [-0.4, -0.2) is 255 Å². The average Bonchev–Trinajstić information content (AvgIpc) is 1.59. The highest BCUT2D eigenvalue weighted by Gasteiger charge is 2.55. The highest BCUT2D eigenvalue weighted by molar-refractivity contribution is 5.46. The number of hydrogen-bond donors (Lipinski definition) is 9. The van der Waals surface area contributed by atoms with E-state index in [9.17, 15) is 0 Å². The van der Waals surface area contributed by atoms with Crippen molar-refractivity contribution in [1.29, 1.82) is 0 Å². The van der Waals surface area contributed by atoms with Gasteiger partial charge in [-0.25, -0.2) is 0 Å². The summed E-state index contributed by atoms with van der Waals surface area (Å²) in [6, 6.07) is 24.7. The van der Waals surface area contributed by atoms with E-state index >= 15 is 0 Å². The molecule has 0 unspecified atom stereocenters. The number of aromatic amines is 2. The minimum Gasteiger partial charge on any atom is -0.327 e. The van der Waals surface area contributed by atoms with Gasteiger partial charge in [0.1, 0.15) is 0 Å². The van der Waals surface area contributed by atoms with Crippen molar-refractivity contribution >= 4 is 0 Å². The molecule has 126 heavy (non-hydrogen) atoms. The van der Waals surface area contributed by atoms with Gasteiger partial charge in [-0.05, 0) is 363 Å². The lowest BCUT2D eigenvalue weighted by atomic mass is 9.71. The number of nitrogens with zero attached hydrogens (tertiary/aromatic N) is 14. The summed E-state index contributed by atoms with van der Waals surface area (Å²) in [5, 5.41) is 14.6. The maximum absolute atomic E-state index is 6.50. The Hall–Kier alpha value is -6.39. The van der Waals surface area contributed by atoms with Gasteiger partial charge < -0.3 is 64.6 Å². The van der Waals surface area contributed by atoms with Crippen molar-refractivity contribution in [2.75, 3.05) is 91.6 Å². The Bertz CT molecular complexity index is 4110. The lowest BCUT2D eigenvalue weighted by Gasteiger charge is -2.47. The molecule has 1 aromatic carbocycles. The van der Waals surface area contributed by atoms with E-state index in [1.807, 2.05) is 43.2 Å². The minimum atomic E-state index is 0.0922. The monoisotopic (exact) mass is 1720 g/mol. The van der Waals surface area contributed by atoms with Gasteiger partial charge in [0.05, 0.1) is 29.5 Å². The van der Waals surface area contributed by atoms with Crippen LogP contribution < -0.4 is 40.1 Å². The number of nitrogens with two attached hydrogens (primary N) is 7. The van der Waals surface area contributed by atoms with Gasteiger partial charge in [-0.3, -0.25) is 44.9 Å². The molecule has 6 aromatic heterocycles. The average molecular weight is 1720 g/mol. The number of nitrogens with one attached hydrogen (secondary N) is 2. The summed E-state index contributed by atoms with van der Waals surface area (Å²) in [4.78, 5) is 40.5. The van der Waals surface area contributed by atoms with Gasteiger partial charge in [0, 0.05) is 213 Å². The second-order valence-corrected chi connectivity index (χ2v) is 44.3. The van der Waals surface area contributed by atoms with Crippen molar-refractivity contribution in [3.63, 3.8) is 0 Å². The first-order valence-electron chi connectivity index (χ1n) is 49.3. The molecule has 13 heterocycles. The van der Waals surface area contributed by atoms with Crippen LogP contribution in [0.5, 0.6) is 0 Å². The van der Waals surface area contributed by atoms with Crippen LogP contribution in [0.2, 0.25) is 0 Å². The Balaban J connectivity index is 0.000000113. The number of hydrogen-bond acceptors (Lipinski definition) is 21. The Morgan fingerprint density at radius 3 is 1.06 bits per heavy atom. The molecule has 16 N–H and O–H groups in total. The van der Waals surface area contributed by atoms with Crippen LogP contribution in [0.3, 0.4) is 0 Å². The Labute approximate surface area is 757 Å². The summed E-state index contributed by atoms with van der Waals surface area (Å²) in [6.45, 7) is 52.7. The van der Waals surface area contributed by atoms with Crippen molar-refractivity contribution in [2.24, 2.45) is 40.1 Å². The molecule has 0 saturated carbocycles. The SMILES string of the molecule is CC(C)(C)N1CCC2(CC1)c1cn[nH]c1C[C@H]2N.CC(C)(C)N1CCC2(CC1)c1cn[nH]c1C[C@H]2N.CC(C)N1CCC2(CC1)c1ccccc1C[C@H]2N.CC(C)N1CCC2(CC1)c1cccnc1C[C@H]2N.CC(C)N1CCC2(CC1)c1cnccc1C[C@H]2N.CC(C)N1CCC2(CC1)c1ncccc1C[C@H]2N.CC(C)N1CCC2(CC1)c1nccnc1C[C@H]2N. The smallest absolute Gasteiger partial charge is 0.0697 e. The molecule has 7 atom stereocenters. The Morgan fingerprint density at radius 2 is 0.603 bits per heavy atom. The number of H-pyrrole nitrogens is 2. The van der Waals surface area contributed by atoms with Crippen LogP contribution in [0.15, 0.2) is 104 Å².